The smallest absolute Gasteiger partial charge is 0.321 e. The number of carbonyl (C=O) groups excluding carboxylic acids is 1. The summed E-state index contributed by atoms with van der Waals surface area (Å²) in [6.07, 6.45) is 3.94. The topological polar surface area (TPSA) is 87.5 Å². The van der Waals surface area contributed by atoms with Crippen molar-refractivity contribution in [3.05, 3.63) is 11.9 Å². The van der Waals surface area contributed by atoms with Gasteiger partial charge in [-0.25, -0.2) is 4.79 Å². The Morgan fingerprint density at radius 1 is 1.43 bits per heavy atom. The number of hydrogen-bond acceptors (Lipinski definition) is 3. The summed E-state index contributed by atoms with van der Waals surface area (Å²) in [5, 5.41) is 16.2. The number of anilines is 1. The number of carbonyl (C=O) groups is 2. The zero-order valence-corrected chi connectivity index (χ0v) is 14.2. The highest BCUT2D eigenvalue weighted by molar-refractivity contribution is 5.90. The molecule has 1 aliphatic carbocycles. The first-order valence-electron chi connectivity index (χ1n) is 8.10. The predicted octanol–water partition coefficient (Wildman–Crippen LogP) is 2.60. The lowest BCUT2D eigenvalue weighted by Crippen LogP contribution is -2.36. The molecule has 1 atom stereocenters. The summed E-state index contributed by atoms with van der Waals surface area (Å²) >= 11 is 0. The number of aliphatic carboxylic acids is 1. The molecule has 2 amide bonds. The van der Waals surface area contributed by atoms with Crippen molar-refractivity contribution in [2.75, 3.05) is 18.9 Å². The van der Waals surface area contributed by atoms with Crippen molar-refractivity contribution < 1.29 is 14.7 Å². The Kier molecular flexibility index (Phi) is 5.28. The van der Waals surface area contributed by atoms with Crippen LogP contribution >= 0.6 is 0 Å². The van der Waals surface area contributed by atoms with Crippen molar-refractivity contribution >= 4 is 17.7 Å². The van der Waals surface area contributed by atoms with Gasteiger partial charge in [-0.1, -0.05) is 20.8 Å². The predicted molar refractivity (Wildman–Crippen MR) is 87.5 cm³/mol. The summed E-state index contributed by atoms with van der Waals surface area (Å²) < 4.78 is 1.98. The Balaban J connectivity index is 2.06. The molecular weight excluding hydrogens is 296 g/mol. The summed E-state index contributed by atoms with van der Waals surface area (Å²) in [7, 11) is 1.60. The van der Waals surface area contributed by atoms with Gasteiger partial charge in [0.25, 0.3) is 0 Å². The van der Waals surface area contributed by atoms with Gasteiger partial charge in [0.15, 0.2) is 0 Å². The van der Waals surface area contributed by atoms with E-state index in [0.29, 0.717) is 11.8 Å². The molecule has 1 heterocycles. The van der Waals surface area contributed by atoms with Gasteiger partial charge in [0.2, 0.25) is 0 Å². The van der Waals surface area contributed by atoms with E-state index in [2.05, 4.69) is 24.3 Å². The molecule has 1 fully saturated rings. The minimum atomic E-state index is -0.909. The molecule has 23 heavy (non-hydrogen) atoms. The van der Waals surface area contributed by atoms with E-state index in [1.165, 1.54) is 4.90 Å². The molecule has 128 valence electrons. The third kappa shape index (κ3) is 4.46. The average Bonchev–Trinajstić information content (AvgIpc) is 3.22. The Labute approximate surface area is 136 Å². The summed E-state index contributed by atoms with van der Waals surface area (Å²) in [5.74, 6) is -0.560. The molecular formula is C16H26N4O3. The highest BCUT2D eigenvalue weighted by Crippen LogP contribution is 2.43. The first-order valence-corrected chi connectivity index (χ1v) is 8.10. The van der Waals surface area contributed by atoms with Crippen molar-refractivity contribution in [2.45, 2.75) is 46.1 Å². The SMILES string of the molecule is CC(C)Cn1ncc(NC(=O)N(C)CC(C)C(=O)O)c1C1CC1. The Morgan fingerprint density at radius 2 is 2.09 bits per heavy atom. The van der Waals surface area contributed by atoms with Crippen LogP contribution in [-0.4, -0.2) is 45.4 Å². The number of nitrogens with one attached hydrogen (secondary N) is 1. The standard InChI is InChI=1S/C16H26N4O3/c1-10(2)8-20-14(12-5-6-12)13(7-17-20)18-16(23)19(4)9-11(3)15(21)22/h7,10-12H,5-6,8-9H2,1-4H3,(H,18,23)(H,21,22). The largest absolute Gasteiger partial charge is 0.481 e. The van der Waals surface area contributed by atoms with Gasteiger partial charge in [-0.15, -0.1) is 0 Å². The van der Waals surface area contributed by atoms with Gasteiger partial charge in [0.05, 0.1) is 23.5 Å². The third-order valence-corrected chi connectivity index (χ3v) is 3.94. The van der Waals surface area contributed by atoms with E-state index < -0.39 is 11.9 Å². The van der Waals surface area contributed by atoms with Crippen LogP contribution in [0.25, 0.3) is 0 Å². The maximum atomic E-state index is 12.3. The number of carboxylic acids is 1. The van der Waals surface area contributed by atoms with Crippen LogP contribution in [0.5, 0.6) is 0 Å². The molecule has 2 rings (SSSR count). The molecule has 1 saturated carbocycles. The highest BCUT2D eigenvalue weighted by atomic mass is 16.4. The summed E-state index contributed by atoms with van der Waals surface area (Å²) in [5.41, 5.74) is 1.83. The van der Waals surface area contributed by atoms with Crippen LogP contribution in [0, 0.1) is 11.8 Å². The normalized spacial score (nSPS) is 15.5. The molecule has 1 unspecified atom stereocenters. The lowest BCUT2D eigenvalue weighted by atomic mass is 10.2. The maximum absolute atomic E-state index is 12.3. The second-order valence-corrected chi connectivity index (χ2v) is 6.84. The zero-order chi connectivity index (χ0) is 17.1. The van der Waals surface area contributed by atoms with Crippen molar-refractivity contribution in [3.63, 3.8) is 0 Å². The van der Waals surface area contributed by atoms with Gasteiger partial charge < -0.3 is 15.3 Å². The lowest BCUT2D eigenvalue weighted by molar-refractivity contribution is -0.141. The van der Waals surface area contributed by atoms with Crippen molar-refractivity contribution in [1.29, 1.82) is 0 Å². The number of rotatable bonds is 7. The fourth-order valence-corrected chi connectivity index (χ4v) is 2.55. The molecule has 7 nitrogen and oxygen atoms in total. The van der Waals surface area contributed by atoms with Crippen LogP contribution in [0.3, 0.4) is 0 Å². The van der Waals surface area contributed by atoms with Crippen LogP contribution in [0.1, 0.15) is 45.2 Å². The van der Waals surface area contributed by atoms with Gasteiger partial charge in [-0.3, -0.25) is 9.48 Å². The average molecular weight is 322 g/mol. The minimum Gasteiger partial charge on any atom is -0.481 e. The first kappa shape index (κ1) is 17.3. The number of hydrogen-bond donors (Lipinski definition) is 2. The molecule has 0 spiro atoms. The molecule has 0 aliphatic heterocycles. The maximum Gasteiger partial charge on any atom is 0.321 e. The number of carboxylic acid groups (broad SMARTS) is 1. The summed E-state index contributed by atoms with van der Waals surface area (Å²) in [4.78, 5) is 24.6. The second-order valence-electron chi connectivity index (χ2n) is 6.84. The number of amides is 2. The molecule has 1 aromatic heterocycles. The van der Waals surface area contributed by atoms with Gasteiger partial charge in [-0.05, 0) is 18.8 Å². The van der Waals surface area contributed by atoms with E-state index in [9.17, 15) is 9.59 Å². The van der Waals surface area contributed by atoms with E-state index in [0.717, 1.165) is 30.8 Å². The second kappa shape index (κ2) is 7.02. The fraction of sp³-hybridized carbons (Fsp3) is 0.688. The molecule has 2 N–H and O–H groups in total. The molecule has 1 aliphatic rings. The van der Waals surface area contributed by atoms with Crippen LogP contribution in [0.4, 0.5) is 10.5 Å². The van der Waals surface area contributed by atoms with E-state index in [1.807, 2.05) is 4.68 Å². The molecule has 0 radical (unpaired) electrons. The van der Waals surface area contributed by atoms with Gasteiger partial charge in [0, 0.05) is 26.1 Å². The van der Waals surface area contributed by atoms with Gasteiger partial charge >= 0.3 is 12.0 Å². The van der Waals surface area contributed by atoms with E-state index >= 15 is 0 Å². The van der Waals surface area contributed by atoms with E-state index in [4.69, 9.17) is 5.11 Å². The Hall–Kier alpha value is -2.05. The summed E-state index contributed by atoms with van der Waals surface area (Å²) in [6.45, 7) is 6.85. The van der Waals surface area contributed by atoms with Gasteiger partial charge in [-0.2, -0.15) is 5.10 Å². The van der Waals surface area contributed by atoms with Gasteiger partial charge in [0.1, 0.15) is 0 Å². The van der Waals surface area contributed by atoms with Crippen LogP contribution in [-0.2, 0) is 11.3 Å². The van der Waals surface area contributed by atoms with E-state index in [-0.39, 0.29) is 12.6 Å². The monoisotopic (exact) mass is 322 g/mol. The minimum absolute atomic E-state index is 0.167. The van der Waals surface area contributed by atoms with Crippen molar-refractivity contribution in [2.24, 2.45) is 11.8 Å². The highest BCUT2D eigenvalue weighted by Gasteiger charge is 2.31. The van der Waals surface area contributed by atoms with Crippen LogP contribution in [0.15, 0.2) is 6.20 Å². The Morgan fingerprint density at radius 3 is 2.61 bits per heavy atom. The molecule has 0 saturated heterocycles. The van der Waals surface area contributed by atoms with Crippen LogP contribution < -0.4 is 5.32 Å². The quantitative estimate of drug-likeness (QED) is 0.807. The molecule has 0 aromatic carbocycles. The molecule has 0 bridgehead atoms. The lowest BCUT2D eigenvalue weighted by Gasteiger charge is -2.20. The first-order chi connectivity index (χ1) is 10.8. The van der Waals surface area contributed by atoms with E-state index in [1.54, 1.807) is 20.2 Å². The molecule has 1 aromatic rings. The fourth-order valence-electron chi connectivity index (χ4n) is 2.55. The number of urea groups is 1. The molecule has 7 heteroatoms. The number of nitrogens with zero attached hydrogens (tertiary/aromatic N) is 3. The zero-order valence-electron chi connectivity index (χ0n) is 14.2. The van der Waals surface area contributed by atoms with Crippen LogP contribution in [0.2, 0.25) is 0 Å². The van der Waals surface area contributed by atoms with Crippen molar-refractivity contribution in [1.82, 2.24) is 14.7 Å². The number of aromatic nitrogens is 2. The third-order valence-electron chi connectivity index (χ3n) is 3.94. The Bertz CT molecular complexity index is 578. The summed E-state index contributed by atoms with van der Waals surface area (Å²) in [6, 6.07) is -0.302. The van der Waals surface area contributed by atoms with Crippen molar-refractivity contribution in [3.8, 4) is 0 Å².